The molecule has 27 heavy (non-hydrogen) atoms. The van der Waals surface area contributed by atoms with Gasteiger partial charge in [-0.15, -0.1) is 0 Å². The van der Waals surface area contributed by atoms with Crippen LogP contribution in [0.3, 0.4) is 0 Å². The van der Waals surface area contributed by atoms with E-state index < -0.39 is 5.97 Å². The van der Waals surface area contributed by atoms with E-state index >= 15 is 0 Å². The number of allylic oxidation sites excluding steroid dienone is 1. The van der Waals surface area contributed by atoms with Crippen LogP contribution in [0.25, 0.3) is 6.08 Å². The average molecular weight is 363 g/mol. The van der Waals surface area contributed by atoms with Gasteiger partial charge in [-0.3, -0.25) is 4.79 Å². The Hall–Kier alpha value is -3.14. The second-order valence-corrected chi connectivity index (χ2v) is 6.16. The Bertz CT molecular complexity index is 829. The molecule has 0 atom stereocenters. The highest BCUT2D eigenvalue weighted by Gasteiger charge is 2.07. The molecule has 0 aromatic heterocycles. The van der Waals surface area contributed by atoms with E-state index in [4.69, 9.17) is 4.74 Å². The van der Waals surface area contributed by atoms with Crippen LogP contribution in [-0.2, 0) is 4.79 Å². The molecule has 0 amide bonds. The quantitative estimate of drug-likeness (QED) is 0.289. The molecule has 0 aliphatic heterocycles. The zero-order chi connectivity index (χ0) is 19.8. The Morgan fingerprint density at radius 1 is 1.00 bits per heavy atom. The molecular weight excluding hydrogens is 338 g/mol. The van der Waals surface area contributed by atoms with Crippen molar-refractivity contribution >= 4 is 23.5 Å². The van der Waals surface area contributed by atoms with Gasteiger partial charge in [0.05, 0.1) is 0 Å². The third-order valence-corrected chi connectivity index (χ3v) is 4.15. The highest BCUT2D eigenvalue weighted by molar-refractivity contribution is 6.06. The molecule has 0 unspecified atom stereocenters. The second-order valence-electron chi connectivity index (χ2n) is 6.16. The van der Waals surface area contributed by atoms with Crippen LogP contribution in [-0.4, -0.2) is 24.8 Å². The van der Waals surface area contributed by atoms with Crippen LogP contribution in [0.4, 0.5) is 5.69 Å². The fourth-order valence-electron chi connectivity index (χ4n) is 2.53. The van der Waals surface area contributed by atoms with E-state index in [0.717, 1.165) is 18.7 Å². The van der Waals surface area contributed by atoms with E-state index in [1.54, 1.807) is 43.3 Å². The fourth-order valence-corrected chi connectivity index (χ4v) is 2.53. The van der Waals surface area contributed by atoms with Gasteiger partial charge in [0.1, 0.15) is 5.75 Å². The van der Waals surface area contributed by atoms with E-state index in [9.17, 15) is 9.59 Å². The standard InChI is InChI=1S/C23H25NO3/c1-5-24(6-2)20-12-7-18(8-13-20)9-16-22(25)19-10-14-21(15-11-19)27-23(26)17(3)4/h7-16H,3,5-6H2,1-2,4H3. The molecule has 0 aliphatic rings. The van der Waals surface area contributed by atoms with Crippen LogP contribution < -0.4 is 9.64 Å². The monoisotopic (exact) mass is 363 g/mol. The van der Waals surface area contributed by atoms with Gasteiger partial charge in [-0.1, -0.05) is 24.8 Å². The number of nitrogens with zero attached hydrogens (tertiary/aromatic N) is 1. The first-order valence-corrected chi connectivity index (χ1v) is 8.99. The van der Waals surface area contributed by atoms with E-state index in [-0.39, 0.29) is 5.78 Å². The summed E-state index contributed by atoms with van der Waals surface area (Å²) >= 11 is 0. The minimum Gasteiger partial charge on any atom is -0.423 e. The predicted molar refractivity (Wildman–Crippen MR) is 110 cm³/mol. The van der Waals surface area contributed by atoms with Crippen molar-refractivity contribution in [2.24, 2.45) is 0 Å². The van der Waals surface area contributed by atoms with Crippen molar-refractivity contribution in [2.75, 3.05) is 18.0 Å². The number of esters is 1. The number of carbonyl (C=O) groups is 2. The molecule has 2 rings (SSSR count). The molecule has 0 radical (unpaired) electrons. The first-order valence-electron chi connectivity index (χ1n) is 8.99. The van der Waals surface area contributed by atoms with Gasteiger partial charge in [0.2, 0.25) is 0 Å². The van der Waals surface area contributed by atoms with Crippen molar-refractivity contribution in [1.82, 2.24) is 0 Å². The van der Waals surface area contributed by atoms with Gasteiger partial charge in [0.15, 0.2) is 5.78 Å². The van der Waals surface area contributed by atoms with E-state index in [1.165, 1.54) is 5.69 Å². The first kappa shape index (κ1) is 20.2. The van der Waals surface area contributed by atoms with E-state index in [0.29, 0.717) is 16.9 Å². The van der Waals surface area contributed by atoms with Crippen LogP contribution in [0.5, 0.6) is 5.75 Å². The molecule has 0 aliphatic carbocycles. The largest absolute Gasteiger partial charge is 0.423 e. The predicted octanol–water partition coefficient (Wildman–Crippen LogP) is 4.91. The van der Waals surface area contributed by atoms with Gasteiger partial charge in [0.25, 0.3) is 0 Å². The Balaban J connectivity index is 2.02. The number of carbonyl (C=O) groups excluding carboxylic acids is 2. The SMILES string of the molecule is C=C(C)C(=O)Oc1ccc(C(=O)C=Cc2ccc(N(CC)CC)cc2)cc1. The first-order chi connectivity index (χ1) is 12.9. The average Bonchev–Trinajstić information content (AvgIpc) is 2.68. The summed E-state index contributed by atoms with van der Waals surface area (Å²) in [5, 5.41) is 0. The third kappa shape index (κ3) is 5.68. The number of rotatable bonds is 8. The minimum absolute atomic E-state index is 0.111. The molecule has 0 saturated heterocycles. The molecule has 0 spiro atoms. The van der Waals surface area contributed by atoms with E-state index in [1.807, 2.05) is 12.1 Å². The Morgan fingerprint density at radius 3 is 2.11 bits per heavy atom. The summed E-state index contributed by atoms with van der Waals surface area (Å²) in [7, 11) is 0. The van der Waals surface area contributed by atoms with Crippen LogP contribution in [0.15, 0.2) is 66.8 Å². The van der Waals surface area contributed by atoms with Crippen molar-refractivity contribution in [3.8, 4) is 5.75 Å². The Kier molecular flexibility index (Phi) is 7.12. The summed E-state index contributed by atoms with van der Waals surface area (Å²) in [4.78, 5) is 26.1. The molecule has 4 heteroatoms. The van der Waals surface area contributed by atoms with E-state index in [2.05, 4.69) is 37.5 Å². The number of benzene rings is 2. The zero-order valence-electron chi connectivity index (χ0n) is 16.1. The summed E-state index contributed by atoms with van der Waals surface area (Å²) in [6.07, 6.45) is 3.34. The molecule has 0 saturated carbocycles. The number of hydrogen-bond donors (Lipinski definition) is 0. The lowest BCUT2D eigenvalue weighted by atomic mass is 10.1. The van der Waals surface area contributed by atoms with Gasteiger partial charge < -0.3 is 9.64 Å². The molecule has 0 heterocycles. The van der Waals surface area contributed by atoms with Crippen molar-refractivity contribution in [3.05, 3.63) is 77.9 Å². The molecule has 0 N–H and O–H groups in total. The normalized spacial score (nSPS) is 10.6. The summed E-state index contributed by atoms with van der Waals surface area (Å²) in [6, 6.07) is 14.6. The molecule has 0 bridgehead atoms. The third-order valence-electron chi connectivity index (χ3n) is 4.15. The van der Waals surface area contributed by atoms with Gasteiger partial charge in [0, 0.05) is 29.9 Å². The summed E-state index contributed by atoms with van der Waals surface area (Å²) < 4.78 is 5.12. The molecular formula is C23H25NO3. The molecule has 2 aromatic rings. The Labute approximate surface area is 160 Å². The maximum Gasteiger partial charge on any atom is 0.338 e. The van der Waals surface area contributed by atoms with Crippen molar-refractivity contribution in [2.45, 2.75) is 20.8 Å². The highest BCUT2D eigenvalue weighted by Crippen LogP contribution is 2.17. The van der Waals surface area contributed by atoms with Gasteiger partial charge in [-0.2, -0.15) is 0 Å². The highest BCUT2D eigenvalue weighted by atomic mass is 16.5. The molecule has 0 fully saturated rings. The zero-order valence-corrected chi connectivity index (χ0v) is 16.1. The summed E-state index contributed by atoms with van der Waals surface area (Å²) in [6.45, 7) is 11.3. The maximum absolute atomic E-state index is 12.3. The second kappa shape index (κ2) is 9.53. The lowest BCUT2D eigenvalue weighted by molar-refractivity contribution is -0.130. The number of hydrogen-bond acceptors (Lipinski definition) is 4. The number of anilines is 1. The van der Waals surface area contributed by atoms with Crippen LogP contribution in [0.1, 0.15) is 36.7 Å². The van der Waals surface area contributed by atoms with Crippen molar-refractivity contribution < 1.29 is 14.3 Å². The minimum atomic E-state index is -0.484. The molecule has 4 nitrogen and oxygen atoms in total. The lowest BCUT2D eigenvalue weighted by Crippen LogP contribution is -2.21. The van der Waals surface area contributed by atoms with Crippen LogP contribution in [0, 0.1) is 0 Å². The van der Waals surface area contributed by atoms with Crippen LogP contribution >= 0.6 is 0 Å². The summed E-state index contributed by atoms with van der Waals surface area (Å²) in [5.74, 6) is -0.210. The van der Waals surface area contributed by atoms with Gasteiger partial charge in [-0.25, -0.2) is 4.79 Å². The molecule has 2 aromatic carbocycles. The van der Waals surface area contributed by atoms with Crippen molar-refractivity contribution in [3.63, 3.8) is 0 Å². The summed E-state index contributed by atoms with van der Waals surface area (Å²) in [5.41, 5.74) is 2.99. The maximum atomic E-state index is 12.3. The van der Waals surface area contributed by atoms with Crippen LogP contribution in [0.2, 0.25) is 0 Å². The number of ether oxygens (including phenoxy) is 1. The smallest absolute Gasteiger partial charge is 0.338 e. The topological polar surface area (TPSA) is 46.6 Å². The fraction of sp³-hybridized carbons (Fsp3) is 0.217. The van der Waals surface area contributed by atoms with Gasteiger partial charge in [-0.05, 0) is 68.8 Å². The Morgan fingerprint density at radius 2 is 1.59 bits per heavy atom. The van der Waals surface area contributed by atoms with Crippen molar-refractivity contribution in [1.29, 1.82) is 0 Å². The van der Waals surface area contributed by atoms with Gasteiger partial charge >= 0.3 is 5.97 Å². The molecule has 140 valence electrons. The lowest BCUT2D eigenvalue weighted by Gasteiger charge is -2.20. The number of ketones is 1.